The zero-order valence-electron chi connectivity index (χ0n) is 15.2. The number of hydrogen-bond acceptors (Lipinski definition) is 6. The van der Waals surface area contributed by atoms with Gasteiger partial charge in [-0.15, -0.1) is 0 Å². The Balaban J connectivity index is 1.50. The SMILES string of the molecule is CCOc1ccc(C(=O)OC(C)C(=O)NCc2ccc3c(c2)OCO3)cc1. The van der Waals surface area contributed by atoms with E-state index in [1.54, 1.807) is 36.4 Å². The van der Waals surface area contributed by atoms with Crippen LogP contribution in [0, 0.1) is 0 Å². The van der Waals surface area contributed by atoms with Gasteiger partial charge in [0, 0.05) is 6.54 Å². The highest BCUT2D eigenvalue weighted by Crippen LogP contribution is 2.32. The van der Waals surface area contributed by atoms with Crippen molar-refractivity contribution >= 4 is 11.9 Å². The standard InChI is InChI=1S/C20H21NO6/c1-3-24-16-7-5-15(6-8-16)20(23)27-13(2)19(22)21-11-14-4-9-17-18(10-14)26-12-25-17/h4-10,13H,3,11-12H2,1-2H3,(H,21,22). The van der Waals surface area contributed by atoms with Crippen LogP contribution in [-0.2, 0) is 16.1 Å². The van der Waals surface area contributed by atoms with E-state index in [1.807, 2.05) is 13.0 Å². The molecule has 0 saturated carbocycles. The van der Waals surface area contributed by atoms with E-state index >= 15 is 0 Å². The van der Waals surface area contributed by atoms with Gasteiger partial charge in [-0.05, 0) is 55.8 Å². The number of ether oxygens (including phenoxy) is 4. The number of esters is 1. The van der Waals surface area contributed by atoms with E-state index in [9.17, 15) is 9.59 Å². The normalized spacial score (nSPS) is 13.0. The van der Waals surface area contributed by atoms with Crippen molar-refractivity contribution in [2.45, 2.75) is 26.5 Å². The van der Waals surface area contributed by atoms with Crippen molar-refractivity contribution in [1.29, 1.82) is 0 Å². The van der Waals surface area contributed by atoms with E-state index in [-0.39, 0.29) is 12.7 Å². The largest absolute Gasteiger partial charge is 0.494 e. The average Bonchev–Trinajstić information content (AvgIpc) is 3.14. The van der Waals surface area contributed by atoms with Crippen molar-refractivity contribution in [3.63, 3.8) is 0 Å². The monoisotopic (exact) mass is 371 g/mol. The van der Waals surface area contributed by atoms with Crippen LogP contribution in [0.4, 0.5) is 0 Å². The lowest BCUT2D eigenvalue weighted by atomic mass is 10.2. The summed E-state index contributed by atoms with van der Waals surface area (Å²) < 4.78 is 21.1. The van der Waals surface area contributed by atoms with E-state index in [0.29, 0.717) is 36.0 Å². The van der Waals surface area contributed by atoms with Gasteiger partial charge in [0.15, 0.2) is 17.6 Å². The van der Waals surface area contributed by atoms with Gasteiger partial charge in [-0.25, -0.2) is 4.79 Å². The Morgan fingerprint density at radius 1 is 1.11 bits per heavy atom. The molecule has 3 rings (SSSR count). The molecule has 1 aliphatic heterocycles. The van der Waals surface area contributed by atoms with Crippen LogP contribution < -0.4 is 19.5 Å². The number of carbonyl (C=O) groups is 2. The highest BCUT2D eigenvalue weighted by atomic mass is 16.7. The maximum Gasteiger partial charge on any atom is 0.338 e. The van der Waals surface area contributed by atoms with Crippen molar-refractivity contribution in [1.82, 2.24) is 5.32 Å². The molecule has 0 fully saturated rings. The molecule has 0 aliphatic carbocycles. The molecule has 1 N–H and O–H groups in total. The Hall–Kier alpha value is -3.22. The van der Waals surface area contributed by atoms with E-state index in [2.05, 4.69) is 5.32 Å². The highest BCUT2D eigenvalue weighted by molar-refractivity contribution is 5.92. The van der Waals surface area contributed by atoms with Crippen molar-refractivity contribution in [2.75, 3.05) is 13.4 Å². The van der Waals surface area contributed by atoms with Gasteiger partial charge in [-0.1, -0.05) is 6.07 Å². The van der Waals surface area contributed by atoms with Crippen molar-refractivity contribution in [3.05, 3.63) is 53.6 Å². The molecular weight excluding hydrogens is 350 g/mol. The number of rotatable bonds is 7. The zero-order chi connectivity index (χ0) is 19.2. The fourth-order valence-corrected chi connectivity index (χ4v) is 2.52. The van der Waals surface area contributed by atoms with Crippen molar-refractivity contribution in [3.8, 4) is 17.2 Å². The molecule has 2 aromatic carbocycles. The maximum absolute atomic E-state index is 12.2. The van der Waals surface area contributed by atoms with Crippen molar-refractivity contribution in [2.24, 2.45) is 0 Å². The summed E-state index contributed by atoms with van der Waals surface area (Å²) in [7, 11) is 0. The summed E-state index contributed by atoms with van der Waals surface area (Å²) in [6.45, 7) is 4.45. The van der Waals surface area contributed by atoms with Gasteiger partial charge in [0.05, 0.1) is 12.2 Å². The molecule has 0 radical (unpaired) electrons. The Morgan fingerprint density at radius 2 is 1.85 bits per heavy atom. The fourth-order valence-electron chi connectivity index (χ4n) is 2.52. The van der Waals surface area contributed by atoms with Crippen molar-refractivity contribution < 1.29 is 28.5 Å². The summed E-state index contributed by atoms with van der Waals surface area (Å²) in [5, 5.41) is 2.74. The number of hydrogen-bond donors (Lipinski definition) is 1. The molecule has 0 bridgehead atoms. The van der Waals surface area contributed by atoms with Gasteiger partial charge in [0.25, 0.3) is 5.91 Å². The number of fused-ring (bicyclic) bond motifs is 1. The van der Waals surface area contributed by atoms with Gasteiger partial charge >= 0.3 is 5.97 Å². The third-order valence-electron chi connectivity index (χ3n) is 3.96. The molecule has 7 nitrogen and oxygen atoms in total. The van der Waals surface area contributed by atoms with E-state index in [1.165, 1.54) is 6.92 Å². The minimum Gasteiger partial charge on any atom is -0.494 e. The van der Waals surface area contributed by atoms with Gasteiger partial charge in [0.1, 0.15) is 5.75 Å². The average molecular weight is 371 g/mol. The molecule has 2 aromatic rings. The molecule has 1 heterocycles. The summed E-state index contributed by atoms with van der Waals surface area (Å²) in [5.41, 5.74) is 1.21. The van der Waals surface area contributed by atoms with E-state index < -0.39 is 12.1 Å². The first-order valence-electron chi connectivity index (χ1n) is 8.67. The smallest absolute Gasteiger partial charge is 0.338 e. The summed E-state index contributed by atoms with van der Waals surface area (Å²) in [5.74, 6) is 1.05. The maximum atomic E-state index is 12.2. The Morgan fingerprint density at radius 3 is 2.59 bits per heavy atom. The summed E-state index contributed by atoms with van der Waals surface area (Å²) in [6.07, 6.45) is -0.918. The van der Waals surface area contributed by atoms with Crippen LogP contribution in [-0.4, -0.2) is 31.4 Å². The summed E-state index contributed by atoms with van der Waals surface area (Å²) in [6, 6.07) is 12.0. The second-order valence-corrected chi connectivity index (χ2v) is 5.91. The Labute approximate surface area is 157 Å². The molecule has 1 atom stereocenters. The molecule has 1 amide bonds. The van der Waals surface area contributed by atoms with Crippen LogP contribution in [0.5, 0.6) is 17.2 Å². The Kier molecular flexibility index (Phi) is 5.80. The first-order valence-corrected chi connectivity index (χ1v) is 8.67. The van der Waals surface area contributed by atoms with Crippen LogP contribution in [0.25, 0.3) is 0 Å². The number of carbonyl (C=O) groups excluding carboxylic acids is 2. The molecular formula is C20H21NO6. The molecule has 27 heavy (non-hydrogen) atoms. The minimum absolute atomic E-state index is 0.198. The van der Waals surface area contributed by atoms with Crippen LogP contribution in [0.2, 0.25) is 0 Å². The number of nitrogens with one attached hydrogen (secondary N) is 1. The molecule has 1 aliphatic rings. The predicted molar refractivity (Wildman–Crippen MR) is 96.9 cm³/mol. The molecule has 7 heteroatoms. The zero-order valence-corrected chi connectivity index (χ0v) is 15.2. The second kappa shape index (κ2) is 8.44. The third kappa shape index (κ3) is 4.69. The molecule has 1 unspecified atom stereocenters. The quantitative estimate of drug-likeness (QED) is 0.754. The number of benzene rings is 2. The first kappa shape index (κ1) is 18.6. The number of amides is 1. The molecule has 0 aromatic heterocycles. The molecule has 0 spiro atoms. The van der Waals surface area contributed by atoms with Crippen LogP contribution in [0.1, 0.15) is 29.8 Å². The summed E-state index contributed by atoms with van der Waals surface area (Å²) in [4.78, 5) is 24.3. The lowest BCUT2D eigenvalue weighted by Crippen LogP contribution is -2.35. The third-order valence-corrected chi connectivity index (χ3v) is 3.96. The first-order chi connectivity index (χ1) is 13.1. The Bertz CT molecular complexity index is 818. The molecule has 0 saturated heterocycles. The topological polar surface area (TPSA) is 83.1 Å². The predicted octanol–water partition coefficient (Wildman–Crippen LogP) is 2.68. The van der Waals surface area contributed by atoms with Gasteiger partial charge in [-0.3, -0.25) is 4.79 Å². The van der Waals surface area contributed by atoms with E-state index in [4.69, 9.17) is 18.9 Å². The van der Waals surface area contributed by atoms with Gasteiger partial charge in [-0.2, -0.15) is 0 Å². The highest BCUT2D eigenvalue weighted by Gasteiger charge is 2.19. The van der Waals surface area contributed by atoms with Crippen LogP contribution >= 0.6 is 0 Å². The van der Waals surface area contributed by atoms with E-state index in [0.717, 1.165) is 5.56 Å². The minimum atomic E-state index is -0.918. The molecule has 142 valence electrons. The fraction of sp³-hybridized carbons (Fsp3) is 0.300. The lowest BCUT2D eigenvalue weighted by molar-refractivity contribution is -0.129. The summed E-state index contributed by atoms with van der Waals surface area (Å²) >= 11 is 0. The van der Waals surface area contributed by atoms with Crippen LogP contribution in [0.15, 0.2) is 42.5 Å². The lowest BCUT2D eigenvalue weighted by Gasteiger charge is -2.14. The van der Waals surface area contributed by atoms with Gasteiger partial charge < -0.3 is 24.3 Å². The second-order valence-electron chi connectivity index (χ2n) is 5.91. The van der Waals surface area contributed by atoms with Gasteiger partial charge in [0.2, 0.25) is 6.79 Å². The van der Waals surface area contributed by atoms with Crippen LogP contribution in [0.3, 0.4) is 0 Å².